The first kappa shape index (κ1) is 21.5. The minimum Gasteiger partial charge on any atom is -0.347 e. The van der Waals surface area contributed by atoms with Gasteiger partial charge in [-0.15, -0.1) is 0 Å². The Hall–Kier alpha value is -2.30. The van der Waals surface area contributed by atoms with Gasteiger partial charge in [-0.05, 0) is 49.3 Å². The molecule has 2 spiro atoms. The van der Waals surface area contributed by atoms with Gasteiger partial charge in [-0.1, -0.05) is 12.1 Å². The number of nitrogens with zero attached hydrogens (tertiary/aromatic N) is 2. The molecule has 3 amide bonds. The van der Waals surface area contributed by atoms with Gasteiger partial charge in [0.25, 0.3) is 0 Å². The molecule has 1 unspecified atom stereocenters. The van der Waals surface area contributed by atoms with Crippen molar-refractivity contribution in [2.45, 2.75) is 48.0 Å². The number of amides is 3. The fourth-order valence-corrected chi connectivity index (χ4v) is 6.57. The van der Waals surface area contributed by atoms with Crippen LogP contribution in [0.25, 0.3) is 0 Å². The Labute approximate surface area is 184 Å². The summed E-state index contributed by atoms with van der Waals surface area (Å²) in [6, 6.07) is 5.37. The van der Waals surface area contributed by atoms with Crippen LogP contribution >= 0.6 is 0 Å². The van der Waals surface area contributed by atoms with Crippen LogP contribution in [0.1, 0.15) is 31.2 Å². The monoisotopic (exact) mass is 470 g/mol. The molecule has 3 heterocycles. The number of likely N-dealkylation sites (tertiary alicyclic amines) is 2. The van der Waals surface area contributed by atoms with Gasteiger partial charge >= 0.3 is 11.5 Å². The summed E-state index contributed by atoms with van der Waals surface area (Å²) < 4.78 is 57.2. The highest BCUT2D eigenvalue weighted by Gasteiger charge is 2.56. The molecular weight excluding hydrogens is 445 g/mol. The lowest BCUT2D eigenvalue weighted by atomic mass is 9.56. The van der Waals surface area contributed by atoms with E-state index in [0.717, 1.165) is 56.5 Å². The van der Waals surface area contributed by atoms with Crippen LogP contribution in [0.2, 0.25) is 0 Å². The topological polar surface area (TPSA) is 93.6 Å². The van der Waals surface area contributed by atoms with Crippen LogP contribution in [-0.4, -0.2) is 63.2 Å². The SMILES string of the molecule is N=S(=O)(c1ccc(CC2CC3(C2)CN(C(=O)N2CC4(CCC(=O)N4)C2)C3)cc1)C(F)(F)F. The molecule has 7 nitrogen and oxygen atoms in total. The van der Waals surface area contributed by atoms with Crippen molar-refractivity contribution in [2.24, 2.45) is 11.3 Å². The first-order valence-electron chi connectivity index (χ1n) is 10.7. The molecule has 0 bridgehead atoms. The summed E-state index contributed by atoms with van der Waals surface area (Å²) in [7, 11) is -4.82. The summed E-state index contributed by atoms with van der Waals surface area (Å²) >= 11 is 0. The molecule has 1 aromatic carbocycles. The Morgan fingerprint density at radius 3 is 2.25 bits per heavy atom. The molecular formula is C21H25F3N4O3S. The van der Waals surface area contributed by atoms with E-state index in [0.29, 0.717) is 25.4 Å². The molecule has 1 atom stereocenters. The van der Waals surface area contributed by atoms with Crippen LogP contribution in [0.15, 0.2) is 29.2 Å². The number of nitrogens with one attached hydrogen (secondary N) is 2. The molecule has 5 rings (SSSR count). The molecule has 32 heavy (non-hydrogen) atoms. The van der Waals surface area contributed by atoms with Crippen LogP contribution in [-0.2, 0) is 20.9 Å². The molecule has 1 aromatic rings. The Balaban J connectivity index is 1.08. The molecule has 0 aromatic heterocycles. The summed E-state index contributed by atoms with van der Waals surface area (Å²) in [6.45, 7) is 2.62. The van der Waals surface area contributed by atoms with Crippen molar-refractivity contribution in [1.82, 2.24) is 15.1 Å². The normalized spacial score (nSPS) is 25.7. The summed E-state index contributed by atoms with van der Waals surface area (Å²) in [5.74, 6) is 0.464. The van der Waals surface area contributed by atoms with E-state index >= 15 is 0 Å². The number of halogens is 3. The van der Waals surface area contributed by atoms with E-state index in [4.69, 9.17) is 4.78 Å². The Morgan fingerprint density at radius 1 is 1.12 bits per heavy atom. The van der Waals surface area contributed by atoms with Gasteiger partial charge in [-0.2, -0.15) is 13.2 Å². The minimum absolute atomic E-state index is 0.0325. The number of hydrogen-bond donors (Lipinski definition) is 2. The number of rotatable bonds is 3. The molecule has 3 aliphatic heterocycles. The van der Waals surface area contributed by atoms with E-state index < -0.39 is 20.1 Å². The quantitative estimate of drug-likeness (QED) is 0.711. The van der Waals surface area contributed by atoms with Gasteiger partial charge in [0.15, 0.2) is 9.73 Å². The van der Waals surface area contributed by atoms with E-state index in [1.807, 2.05) is 4.90 Å². The zero-order valence-corrected chi connectivity index (χ0v) is 18.2. The number of carbonyl (C=O) groups is 2. The molecule has 1 aliphatic carbocycles. The third kappa shape index (κ3) is 3.45. The molecule has 174 valence electrons. The van der Waals surface area contributed by atoms with Gasteiger partial charge in [-0.25, -0.2) is 13.8 Å². The van der Waals surface area contributed by atoms with Gasteiger partial charge < -0.3 is 15.1 Å². The Morgan fingerprint density at radius 2 is 1.72 bits per heavy atom. The zero-order chi connectivity index (χ0) is 22.9. The summed E-state index contributed by atoms with van der Waals surface area (Å²) in [5.41, 5.74) is -4.28. The van der Waals surface area contributed by atoms with E-state index in [1.165, 1.54) is 12.1 Å². The van der Waals surface area contributed by atoms with Gasteiger partial charge in [0.05, 0.1) is 10.4 Å². The predicted molar refractivity (Wildman–Crippen MR) is 109 cm³/mol. The molecule has 3 saturated heterocycles. The largest absolute Gasteiger partial charge is 0.483 e. The fourth-order valence-electron chi connectivity index (χ4n) is 5.78. The van der Waals surface area contributed by atoms with Crippen molar-refractivity contribution in [3.63, 3.8) is 0 Å². The van der Waals surface area contributed by atoms with Crippen LogP contribution < -0.4 is 5.32 Å². The number of carbonyl (C=O) groups excluding carboxylic acids is 2. The van der Waals surface area contributed by atoms with Crippen molar-refractivity contribution < 1.29 is 27.0 Å². The Bertz CT molecular complexity index is 1050. The second kappa shape index (κ2) is 6.85. The maximum atomic E-state index is 12.8. The number of alkyl halides is 3. The molecule has 1 saturated carbocycles. The molecule has 0 radical (unpaired) electrons. The average Bonchev–Trinajstić information content (AvgIpc) is 3.02. The lowest BCUT2D eigenvalue weighted by molar-refractivity contribution is -0.120. The molecule has 4 aliphatic rings. The van der Waals surface area contributed by atoms with Crippen molar-refractivity contribution >= 4 is 21.7 Å². The first-order valence-corrected chi connectivity index (χ1v) is 12.3. The smallest absolute Gasteiger partial charge is 0.347 e. The fraction of sp³-hybridized carbons (Fsp3) is 0.619. The average molecular weight is 471 g/mol. The number of urea groups is 1. The predicted octanol–water partition coefficient (Wildman–Crippen LogP) is 2.95. The molecule has 2 N–H and O–H groups in total. The lowest BCUT2D eigenvalue weighted by Gasteiger charge is -2.61. The first-order chi connectivity index (χ1) is 14.9. The third-order valence-corrected chi connectivity index (χ3v) is 8.95. The van der Waals surface area contributed by atoms with Crippen LogP contribution in [0.3, 0.4) is 0 Å². The molecule has 4 fully saturated rings. The Kier molecular flexibility index (Phi) is 4.61. The summed E-state index contributed by atoms with van der Waals surface area (Å²) in [5, 5.41) is 2.98. The summed E-state index contributed by atoms with van der Waals surface area (Å²) in [4.78, 5) is 27.2. The highest BCUT2D eigenvalue weighted by molar-refractivity contribution is 7.93. The maximum absolute atomic E-state index is 12.8. The number of hydrogen-bond acceptors (Lipinski definition) is 4. The van der Waals surface area contributed by atoms with Crippen LogP contribution in [0, 0.1) is 16.1 Å². The van der Waals surface area contributed by atoms with Crippen LogP contribution in [0.5, 0.6) is 0 Å². The number of benzene rings is 1. The lowest BCUT2D eigenvalue weighted by Crippen LogP contribution is -2.73. The van der Waals surface area contributed by atoms with Crippen molar-refractivity contribution in [2.75, 3.05) is 26.2 Å². The zero-order valence-electron chi connectivity index (χ0n) is 17.4. The maximum Gasteiger partial charge on any atom is 0.483 e. The highest BCUT2D eigenvalue weighted by atomic mass is 32.2. The van der Waals surface area contributed by atoms with E-state index in [-0.39, 0.29) is 22.9 Å². The highest BCUT2D eigenvalue weighted by Crippen LogP contribution is 2.53. The van der Waals surface area contributed by atoms with Gasteiger partial charge in [0.1, 0.15) is 0 Å². The van der Waals surface area contributed by atoms with Crippen LogP contribution in [0.4, 0.5) is 18.0 Å². The summed E-state index contributed by atoms with van der Waals surface area (Å²) in [6.07, 6.45) is 3.97. The second-order valence-electron chi connectivity index (χ2n) is 9.95. The van der Waals surface area contributed by atoms with E-state index in [9.17, 15) is 27.0 Å². The third-order valence-electron chi connectivity index (χ3n) is 7.36. The van der Waals surface area contributed by atoms with Crippen molar-refractivity contribution in [3.05, 3.63) is 29.8 Å². The van der Waals surface area contributed by atoms with E-state index in [2.05, 4.69) is 5.32 Å². The molecule has 11 heteroatoms. The second-order valence-corrected chi connectivity index (χ2v) is 12.0. The van der Waals surface area contributed by atoms with Gasteiger partial charge in [-0.3, -0.25) is 4.79 Å². The standard InChI is InChI=1S/C21H25F3N4O3S/c22-21(23,24)32(25,31)16-3-1-14(2-4-16)7-15-8-19(9-15)10-27(11-19)18(30)28-12-20(13-28)6-5-17(29)26-20/h1-4,15,25H,5-13H2,(H,26,29). The van der Waals surface area contributed by atoms with Crippen molar-refractivity contribution in [1.29, 1.82) is 4.78 Å². The van der Waals surface area contributed by atoms with Gasteiger partial charge in [0, 0.05) is 38.0 Å². The van der Waals surface area contributed by atoms with Crippen molar-refractivity contribution in [3.8, 4) is 0 Å². The van der Waals surface area contributed by atoms with Gasteiger partial charge in [0.2, 0.25) is 5.91 Å². The minimum atomic E-state index is -5.08. The van der Waals surface area contributed by atoms with E-state index in [1.54, 1.807) is 4.90 Å².